The van der Waals surface area contributed by atoms with Crippen LogP contribution in [0, 0.1) is 5.92 Å². The maximum absolute atomic E-state index is 12.5. The van der Waals surface area contributed by atoms with E-state index in [0.29, 0.717) is 30.4 Å². The van der Waals surface area contributed by atoms with Gasteiger partial charge in [0.15, 0.2) is 18.1 Å². The Labute approximate surface area is 196 Å². The van der Waals surface area contributed by atoms with E-state index < -0.39 is 46.5 Å². The van der Waals surface area contributed by atoms with Crippen molar-refractivity contribution >= 4 is 33.6 Å². The standard InChI is InChI=1S/C22H25N3O8S/c1-14(2)20(25-34(29,30)16-6-4-3-5-7-16)21(27)33-13-19(26)24-22(28)23-15-8-9-17-18(12-15)32-11-10-31-17/h3-9,12,14,20,25H,10-11,13H2,1-2H3,(H2,23,24,26,28)/t20-/m0/s1. The lowest BCUT2D eigenvalue weighted by Gasteiger charge is -2.20. The number of benzene rings is 2. The molecule has 11 nitrogen and oxygen atoms in total. The van der Waals surface area contributed by atoms with Crippen molar-refractivity contribution in [3.05, 3.63) is 48.5 Å². The quantitative estimate of drug-likeness (QED) is 0.472. The Morgan fingerprint density at radius 2 is 1.68 bits per heavy atom. The number of amides is 3. The van der Waals surface area contributed by atoms with E-state index in [1.54, 1.807) is 50.2 Å². The van der Waals surface area contributed by atoms with Gasteiger partial charge in [0.25, 0.3) is 5.91 Å². The van der Waals surface area contributed by atoms with Gasteiger partial charge < -0.3 is 19.5 Å². The summed E-state index contributed by atoms with van der Waals surface area (Å²) in [7, 11) is -3.98. The maximum Gasteiger partial charge on any atom is 0.325 e. The molecule has 0 fully saturated rings. The Morgan fingerprint density at radius 1 is 1.00 bits per heavy atom. The molecule has 1 aliphatic heterocycles. The van der Waals surface area contributed by atoms with Crippen molar-refractivity contribution < 1.29 is 37.0 Å². The minimum absolute atomic E-state index is 0.0120. The first-order valence-electron chi connectivity index (χ1n) is 10.4. The Kier molecular flexibility index (Phi) is 8.08. The van der Waals surface area contributed by atoms with Crippen molar-refractivity contribution in [3.8, 4) is 11.5 Å². The van der Waals surface area contributed by atoms with E-state index >= 15 is 0 Å². The van der Waals surface area contributed by atoms with Gasteiger partial charge >= 0.3 is 12.0 Å². The topological polar surface area (TPSA) is 149 Å². The van der Waals surface area contributed by atoms with Crippen molar-refractivity contribution in [1.82, 2.24) is 10.0 Å². The summed E-state index contributed by atoms with van der Waals surface area (Å²) in [5, 5.41) is 4.49. The molecule has 3 amide bonds. The number of hydrogen-bond acceptors (Lipinski definition) is 8. The van der Waals surface area contributed by atoms with Crippen molar-refractivity contribution in [1.29, 1.82) is 0 Å². The Bertz CT molecular complexity index is 1150. The predicted molar refractivity (Wildman–Crippen MR) is 121 cm³/mol. The SMILES string of the molecule is CC(C)[C@H](NS(=O)(=O)c1ccccc1)C(=O)OCC(=O)NC(=O)Nc1ccc2c(c1)OCCO2. The van der Waals surface area contributed by atoms with Gasteiger partial charge in [-0.15, -0.1) is 0 Å². The first-order chi connectivity index (χ1) is 16.2. The molecule has 0 bridgehead atoms. The van der Waals surface area contributed by atoms with Gasteiger partial charge in [-0.25, -0.2) is 13.2 Å². The molecule has 1 heterocycles. The Hall–Kier alpha value is -3.64. The van der Waals surface area contributed by atoms with Crippen LogP contribution in [0.15, 0.2) is 53.4 Å². The number of carbonyl (C=O) groups is 3. The molecule has 0 saturated heterocycles. The molecule has 3 N–H and O–H groups in total. The van der Waals surface area contributed by atoms with Gasteiger partial charge in [0.2, 0.25) is 10.0 Å². The van der Waals surface area contributed by atoms with Crippen molar-refractivity contribution in [2.75, 3.05) is 25.1 Å². The van der Waals surface area contributed by atoms with Gasteiger partial charge in [0.1, 0.15) is 19.3 Å². The first-order valence-corrected chi connectivity index (χ1v) is 11.9. The lowest BCUT2D eigenvalue weighted by molar-refractivity contribution is -0.150. The number of hydrogen-bond donors (Lipinski definition) is 3. The van der Waals surface area contributed by atoms with Gasteiger partial charge in [-0.05, 0) is 30.2 Å². The number of carbonyl (C=O) groups excluding carboxylic acids is 3. The molecule has 34 heavy (non-hydrogen) atoms. The number of esters is 1. The molecule has 2 aromatic carbocycles. The van der Waals surface area contributed by atoms with Crippen LogP contribution in [0.2, 0.25) is 0 Å². The fourth-order valence-electron chi connectivity index (χ4n) is 2.96. The zero-order valence-electron chi connectivity index (χ0n) is 18.6. The van der Waals surface area contributed by atoms with Crippen LogP contribution >= 0.6 is 0 Å². The molecule has 182 valence electrons. The summed E-state index contributed by atoms with van der Waals surface area (Å²) in [5.41, 5.74) is 0.363. The molecule has 0 radical (unpaired) electrons. The summed E-state index contributed by atoms with van der Waals surface area (Å²) in [5.74, 6) is -1.30. The van der Waals surface area contributed by atoms with Gasteiger partial charge in [-0.3, -0.25) is 14.9 Å². The van der Waals surface area contributed by atoms with Crippen LogP contribution in [0.5, 0.6) is 11.5 Å². The van der Waals surface area contributed by atoms with Gasteiger partial charge in [0.05, 0.1) is 4.90 Å². The van der Waals surface area contributed by atoms with E-state index in [-0.39, 0.29) is 4.90 Å². The minimum Gasteiger partial charge on any atom is -0.486 e. The normalized spacial score (nSPS) is 13.6. The summed E-state index contributed by atoms with van der Waals surface area (Å²) in [6.45, 7) is 3.29. The van der Waals surface area contributed by atoms with Gasteiger partial charge in [-0.2, -0.15) is 4.72 Å². The number of imide groups is 1. The molecule has 3 rings (SSSR count). The third-order valence-corrected chi connectivity index (χ3v) is 6.11. The lowest BCUT2D eigenvalue weighted by atomic mass is 10.1. The molecule has 1 aliphatic rings. The second-order valence-corrected chi connectivity index (χ2v) is 9.34. The second-order valence-electron chi connectivity index (χ2n) is 7.62. The van der Waals surface area contributed by atoms with Gasteiger partial charge in [0, 0.05) is 11.8 Å². The number of nitrogens with one attached hydrogen (secondary N) is 3. The van der Waals surface area contributed by atoms with Crippen LogP contribution in [0.4, 0.5) is 10.5 Å². The Balaban J connectivity index is 1.51. The average molecular weight is 492 g/mol. The molecular formula is C22H25N3O8S. The fraction of sp³-hybridized carbons (Fsp3) is 0.318. The van der Waals surface area contributed by atoms with Crippen LogP contribution in [-0.2, 0) is 24.3 Å². The average Bonchev–Trinajstić information content (AvgIpc) is 2.81. The third kappa shape index (κ3) is 6.68. The monoisotopic (exact) mass is 491 g/mol. The molecule has 0 spiro atoms. The van der Waals surface area contributed by atoms with E-state index in [1.165, 1.54) is 12.1 Å². The molecule has 0 saturated carbocycles. The Morgan fingerprint density at radius 3 is 2.35 bits per heavy atom. The van der Waals surface area contributed by atoms with Crippen LogP contribution in [-0.4, -0.2) is 52.2 Å². The van der Waals surface area contributed by atoms with E-state index in [1.807, 2.05) is 5.32 Å². The molecule has 1 atom stereocenters. The maximum atomic E-state index is 12.5. The summed E-state index contributed by atoms with van der Waals surface area (Å²) < 4.78 is 43.1. The number of sulfonamides is 1. The molecule has 12 heteroatoms. The van der Waals surface area contributed by atoms with Crippen molar-refractivity contribution in [2.24, 2.45) is 5.92 Å². The molecular weight excluding hydrogens is 466 g/mol. The van der Waals surface area contributed by atoms with Gasteiger partial charge in [-0.1, -0.05) is 32.0 Å². The summed E-state index contributed by atoms with van der Waals surface area (Å²) in [4.78, 5) is 36.6. The number of ether oxygens (including phenoxy) is 3. The zero-order valence-corrected chi connectivity index (χ0v) is 19.4. The van der Waals surface area contributed by atoms with Crippen molar-refractivity contribution in [2.45, 2.75) is 24.8 Å². The molecule has 2 aromatic rings. The molecule has 0 aliphatic carbocycles. The summed E-state index contributed by atoms with van der Waals surface area (Å²) in [6.07, 6.45) is 0. The first kappa shape index (κ1) is 25.0. The number of rotatable bonds is 8. The summed E-state index contributed by atoms with van der Waals surface area (Å²) >= 11 is 0. The van der Waals surface area contributed by atoms with Crippen LogP contribution in [0.25, 0.3) is 0 Å². The van der Waals surface area contributed by atoms with E-state index in [4.69, 9.17) is 14.2 Å². The number of anilines is 1. The highest BCUT2D eigenvalue weighted by molar-refractivity contribution is 7.89. The van der Waals surface area contributed by atoms with E-state index in [9.17, 15) is 22.8 Å². The summed E-state index contributed by atoms with van der Waals surface area (Å²) in [6, 6.07) is 10.2. The van der Waals surface area contributed by atoms with Crippen LogP contribution in [0.1, 0.15) is 13.8 Å². The highest BCUT2D eigenvalue weighted by atomic mass is 32.2. The third-order valence-electron chi connectivity index (χ3n) is 4.65. The van der Waals surface area contributed by atoms with Crippen molar-refractivity contribution in [3.63, 3.8) is 0 Å². The highest BCUT2D eigenvalue weighted by Crippen LogP contribution is 2.32. The smallest absolute Gasteiger partial charge is 0.325 e. The molecule has 0 unspecified atom stereocenters. The zero-order chi connectivity index (χ0) is 24.7. The van der Waals surface area contributed by atoms with E-state index in [0.717, 1.165) is 0 Å². The molecule has 0 aromatic heterocycles. The lowest BCUT2D eigenvalue weighted by Crippen LogP contribution is -2.46. The van der Waals surface area contributed by atoms with E-state index in [2.05, 4.69) is 10.0 Å². The van der Waals surface area contributed by atoms with Crippen LogP contribution < -0.4 is 24.8 Å². The largest absolute Gasteiger partial charge is 0.486 e. The second kappa shape index (κ2) is 11.0. The minimum atomic E-state index is -3.98. The number of urea groups is 1. The van der Waals surface area contributed by atoms with Crippen LogP contribution in [0.3, 0.4) is 0 Å². The fourth-order valence-corrected chi connectivity index (χ4v) is 4.32. The highest BCUT2D eigenvalue weighted by Gasteiger charge is 2.30. The number of fused-ring (bicyclic) bond motifs is 1. The predicted octanol–water partition coefficient (Wildman–Crippen LogP) is 1.65.